The van der Waals surface area contributed by atoms with Crippen LogP contribution in [0.1, 0.15) is 22.3 Å². The molecule has 3 amide bonds. The summed E-state index contributed by atoms with van der Waals surface area (Å²) in [6.07, 6.45) is 1.69. The molecule has 3 aromatic carbocycles. The van der Waals surface area contributed by atoms with Crippen molar-refractivity contribution in [3.63, 3.8) is 0 Å². The molecule has 1 saturated heterocycles. The van der Waals surface area contributed by atoms with Crippen molar-refractivity contribution in [2.24, 2.45) is 0 Å². The second-order valence-corrected chi connectivity index (χ2v) is 9.88. The Morgan fingerprint density at radius 2 is 1.62 bits per heavy atom. The molecule has 4 rings (SSSR count). The number of halogens is 2. The smallest absolute Gasteiger partial charge is 0.329 e. The number of amides is 3. The van der Waals surface area contributed by atoms with Gasteiger partial charge >= 0.3 is 6.03 Å². The zero-order chi connectivity index (χ0) is 22.7. The van der Waals surface area contributed by atoms with E-state index in [0.717, 1.165) is 31.6 Å². The highest BCUT2D eigenvalue weighted by Crippen LogP contribution is 2.25. The van der Waals surface area contributed by atoms with E-state index >= 15 is 0 Å². The van der Waals surface area contributed by atoms with Crippen molar-refractivity contribution < 1.29 is 14.3 Å². The molecule has 1 N–H and O–H groups in total. The lowest BCUT2D eigenvalue weighted by atomic mass is 10.1. The molecule has 0 bridgehead atoms. The van der Waals surface area contributed by atoms with Gasteiger partial charge in [0.2, 0.25) is 0 Å². The van der Waals surface area contributed by atoms with Crippen LogP contribution in [0.15, 0.2) is 72.4 Å². The Hall–Kier alpha value is -2.40. The van der Waals surface area contributed by atoms with Crippen molar-refractivity contribution in [3.05, 3.63) is 102 Å². The Morgan fingerprint density at radius 3 is 2.31 bits per heavy atom. The number of nitrogens with zero attached hydrogens (tertiary/aromatic N) is 1. The van der Waals surface area contributed by atoms with Gasteiger partial charge < -0.3 is 10.1 Å². The Bertz CT molecular complexity index is 1190. The number of benzene rings is 3. The molecule has 7 heteroatoms. The second-order valence-electron chi connectivity index (χ2n) is 7.47. The van der Waals surface area contributed by atoms with Crippen molar-refractivity contribution >= 4 is 63.2 Å². The minimum atomic E-state index is -0.408. The minimum Gasteiger partial charge on any atom is -0.488 e. The highest BCUT2D eigenvalue weighted by molar-refractivity contribution is 14.1. The van der Waals surface area contributed by atoms with E-state index in [2.05, 4.69) is 62.6 Å². The Labute approximate surface area is 214 Å². The quantitative estimate of drug-likeness (QED) is 0.206. The van der Waals surface area contributed by atoms with E-state index in [1.54, 1.807) is 6.08 Å². The van der Waals surface area contributed by atoms with E-state index in [1.807, 2.05) is 61.5 Å². The van der Waals surface area contributed by atoms with Crippen LogP contribution in [-0.4, -0.2) is 16.8 Å². The standard InChI is InChI=1S/C25H20I2N2O3/c1-16-2-4-17(5-3-16)14-29-24(30)22(28-25(29)31)13-19-8-11-23(21(27)12-19)32-15-18-6-9-20(26)10-7-18/h2-13H,14-15H2,1H3,(H,28,31)/b22-13+. The van der Waals surface area contributed by atoms with Crippen molar-refractivity contribution in [3.8, 4) is 5.75 Å². The summed E-state index contributed by atoms with van der Waals surface area (Å²) >= 11 is 4.49. The van der Waals surface area contributed by atoms with Crippen molar-refractivity contribution in [2.75, 3.05) is 0 Å². The number of carbonyl (C=O) groups is 2. The first-order valence-electron chi connectivity index (χ1n) is 9.96. The number of rotatable bonds is 6. The van der Waals surface area contributed by atoms with Crippen molar-refractivity contribution in [2.45, 2.75) is 20.1 Å². The lowest BCUT2D eigenvalue weighted by molar-refractivity contribution is -0.123. The fourth-order valence-corrected chi connectivity index (χ4v) is 4.28. The number of carbonyl (C=O) groups excluding carboxylic acids is 2. The highest BCUT2D eigenvalue weighted by atomic mass is 127. The van der Waals surface area contributed by atoms with Gasteiger partial charge in [0.05, 0.1) is 10.1 Å². The molecule has 32 heavy (non-hydrogen) atoms. The van der Waals surface area contributed by atoms with Crippen LogP contribution in [0.25, 0.3) is 6.08 Å². The largest absolute Gasteiger partial charge is 0.488 e. The Balaban J connectivity index is 1.44. The molecule has 1 aliphatic rings. The van der Waals surface area contributed by atoms with E-state index < -0.39 is 6.03 Å². The van der Waals surface area contributed by atoms with Gasteiger partial charge in [0.1, 0.15) is 18.1 Å². The molecule has 5 nitrogen and oxygen atoms in total. The third-order valence-electron chi connectivity index (χ3n) is 5.00. The van der Waals surface area contributed by atoms with E-state index in [1.165, 1.54) is 8.47 Å². The molecular formula is C25H20I2N2O3. The lowest BCUT2D eigenvalue weighted by Crippen LogP contribution is -2.30. The molecule has 1 heterocycles. The van der Waals surface area contributed by atoms with Crippen LogP contribution in [-0.2, 0) is 17.9 Å². The maximum absolute atomic E-state index is 12.8. The summed E-state index contributed by atoms with van der Waals surface area (Å²) in [4.78, 5) is 26.3. The minimum absolute atomic E-state index is 0.241. The number of ether oxygens (including phenoxy) is 1. The summed E-state index contributed by atoms with van der Waals surface area (Å²) in [5.41, 5.74) is 4.22. The summed E-state index contributed by atoms with van der Waals surface area (Å²) < 4.78 is 8.05. The fourth-order valence-electron chi connectivity index (χ4n) is 3.22. The third-order valence-corrected chi connectivity index (χ3v) is 6.56. The van der Waals surface area contributed by atoms with E-state index in [4.69, 9.17) is 4.74 Å². The van der Waals surface area contributed by atoms with Crippen LogP contribution in [0.4, 0.5) is 4.79 Å². The van der Waals surface area contributed by atoms with Crippen LogP contribution in [0.3, 0.4) is 0 Å². The molecule has 0 aromatic heterocycles. The SMILES string of the molecule is Cc1ccc(CN2C(=O)N/C(=C/c3ccc(OCc4ccc(I)cc4)c(I)c3)C2=O)cc1. The monoisotopic (exact) mass is 650 g/mol. The maximum atomic E-state index is 12.8. The third kappa shape index (κ3) is 5.50. The maximum Gasteiger partial charge on any atom is 0.329 e. The molecule has 0 radical (unpaired) electrons. The normalized spacial score (nSPS) is 14.7. The van der Waals surface area contributed by atoms with Crippen LogP contribution in [0.5, 0.6) is 5.75 Å². The number of hydrogen-bond donors (Lipinski definition) is 1. The molecule has 162 valence electrons. The van der Waals surface area contributed by atoms with E-state index in [-0.39, 0.29) is 18.1 Å². The number of aryl methyl sites for hydroxylation is 1. The summed E-state index contributed by atoms with van der Waals surface area (Å²) in [6, 6.07) is 21.3. The first-order chi connectivity index (χ1) is 15.4. The second kappa shape index (κ2) is 10.0. The molecule has 0 unspecified atom stereocenters. The molecule has 1 aliphatic heterocycles. The van der Waals surface area contributed by atoms with Gasteiger partial charge in [-0.3, -0.25) is 9.69 Å². The number of imide groups is 1. The number of hydrogen-bond acceptors (Lipinski definition) is 3. The summed E-state index contributed by atoms with van der Waals surface area (Å²) in [6.45, 7) is 2.72. The first-order valence-corrected chi connectivity index (χ1v) is 12.1. The fraction of sp³-hybridized carbons (Fsp3) is 0.120. The average molecular weight is 650 g/mol. The van der Waals surface area contributed by atoms with Gasteiger partial charge in [-0.05, 0) is 99.1 Å². The summed E-state index contributed by atoms with van der Waals surface area (Å²) in [5.74, 6) is 0.443. The summed E-state index contributed by atoms with van der Waals surface area (Å²) in [5, 5.41) is 2.68. The van der Waals surface area contributed by atoms with E-state index in [9.17, 15) is 9.59 Å². The van der Waals surface area contributed by atoms with Gasteiger partial charge in [0.25, 0.3) is 5.91 Å². The van der Waals surface area contributed by atoms with E-state index in [0.29, 0.717) is 6.61 Å². The predicted molar refractivity (Wildman–Crippen MR) is 141 cm³/mol. The van der Waals surface area contributed by atoms with Crippen LogP contribution >= 0.6 is 45.2 Å². The van der Waals surface area contributed by atoms with Crippen LogP contribution in [0.2, 0.25) is 0 Å². The summed E-state index contributed by atoms with van der Waals surface area (Å²) in [7, 11) is 0. The van der Waals surface area contributed by atoms with Crippen molar-refractivity contribution in [1.82, 2.24) is 10.2 Å². The van der Waals surface area contributed by atoms with Gasteiger partial charge in [-0.2, -0.15) is 0 Å². The molecule has 3 aromatic rings. The molecular weight excluding hydrogens is 630 g/mol. The average Bonchev–Trinajstić information content (AvgIpc) is 3.03. The first kappa shape index (κ1) is 22.8. The molecule has 0 saturated carbocycles. The lowest BCUT2D eigenvalue weighted by Gasteiger charge is -2.12. The van der Waals surface area contributed by atoms with Gasteiger partial charge in [0.15, 0.2) is 0 Å². The molecule has 0 atom stereocenters. The zero-order valence-corrected chi connectivity index (χ0v) is 21.6. The van der Waals surface area contributed by atoms with Gasteiger partial charge in [0, 0.05) is 3.57 Å². The number of nitrogens with one attached hydrogen (secondary N) is 1. The van der Waals surface area contributed by atoms with Crippen LogP contribution < -0.4 is 10.1 Å². The topological polar surface area (TPSA) is 58.6 Å². The molecule has 0 aliphatic carbocycles. The predicted octanol–water partition coefficient (Wildman–Crippen LogP) is 5.88. The van der Waals surface area contributed by atoms with Crippen molar-refractivity contribution in [1.29, 1.82) is 0 Å². The number of urea groups is 1. The molecule has 1 fully saturated rings. The van der Waals surface area contributed by atoms with Gasteiger partial charge in [-0.15, -0.1) is 0 Å². The van der Waals surface area contributed by atoms with Gasteiger partial charge in [-0.25, -0.2) is 4.79 Å². The Morgan fingerprint density at radius 1 is 0.938 bits per heavy atom. The molecule has 0 spiro atoms. The van der Waals surface area contributed by atoms with Gasteiger partial charge in [-0.1, -0.05) is 48.0 Å². The Kier molecular flexibility index (Phi) is 7.14. The zero-order valence-electron chi connectivity index (χ0n) is 17.3. The van der Waals surface area contributed by atoms with Crippen LogP contribution in [0, 0.1) is 14.1 Å². The highest BCUT2D eigenvalue weighted by Gasteiger charge is 2.33.